The summed E-state index contributed by atoms with van der Waals surface area (Å²) < 4.78 is 6.86. The summed E-state index contributed by atoms with van der Waals surface area (Å²) in [6.45, 7) is 0.341. The molecular formula is C17H18N4O3. The summed E-state index contributed by atoms with van der Waals surface area (Å²) in [5.41, 5.74) is 1.54. The second kappa shape index (κ2) is 6.83. The molecule has 1 N–H and O–H groups in total. The van der Waals surface area contributed by atoms with Crippen molar-refractivity contribution in [2.75, 3.05) is 20.3 Å². The molecule has 3 rings (SSSR count). The molecule has 1 aromatic heterocycles. The van der Waals surface area contributed by atoms with Crippen molar-refractivity contribution in [2.24, 2.45) is 0 Å². The van der Waals surface area contributed by atoms with Gasteiger partial charge in [-0.15, -0.1) is 0 Å². The number of rotatable bonds is 4. The topological polar surface area (TPSA) is 91.4 Å². The highest BCUT2D eigenvalue weighted by molar-refractivity contribution is 5.92. The Bertz CT molecular complexity index is 780. The molecule has 1 aromatic carbocycles. The molecule has 1 aliphatic heterocycles. The minimum absolute atomic E-state index is 0.0690. The number of benzene rings is 1. The van der Waals surface area contributed by atoms with E-state index >= 15 is 0 Å². The van der Waals surface area contributed by atoms with Gasteiger partial charge in [0.15, 0.2) is 5.69 Å². The van der Waals surface area contributed by atoms with Crippen molar-refractivity contribution in [3.8, 4) is 11.8 Å². The van der Waals surface area contributed by atoms with E-state index in [9.17, 15) is 9.90 Å². The van der Waals surface area contributed by atoms with Gasteiger partial charge in [0.25, 0.3) is 5.91 Å². The highest BCUT2D eigenvalue weighted by Crippen LogP contribution is 2.22. The third-order valence-corrected chi connectivity index (χ3v) is 4.23. The zero-order valence-electron chi connectivity index (χ0n) is 13.3. The first-order valence-electron chi connectivity index (χ1n) is 7.67. The van der Waals surface area contributed by atoms with E-state index in [-0.39, 0.29) is 24.7 Å². The standard InChI is InChI=1S/C17H18N4O3/c1-24-15-8-14(11-22)20(10-15)17(23)16-5-6-21(19-16)13-4-2-3-12(7-13)9-18/h2-7,14-15,22H,8,10-11H2,1H3/t14-,15-/m0/s1. The number of hydrogen-bond acceptors (Lipinski definition) is 5. The lowest BCUT2D eigenvalue weighted by Gasteiger charge is -2.21. The molecule has 0 radical (unpaired) electrons. The van der Waals surface area contributed by atoms with Crippen molar-refractivity contribution in [1.82, 2.24) is 14.7 Å². The van der Waals surface area contributed by atoms with Crippen LogP contribution < -0.4 is 0 Å². The molecule has 7 heteroatoms. The van der Waals surface area contributed by atoms with Crippen molar-refractivity contribution >= 4 is 5.91 Å². The molecule has 0 aliphatic carbocycles. The van der Waals surface area contributed by atoms with E-state index in [1.165, 1.54) is 0 Å². The van der Waals surface area contributed by atoms with E-state index in [4.69, 9.17) is 10.00 Å². The first-order valence-corrected chi connectivity index (χ1v) is 7.67. The second-order valence-corrected chi connectivity index (χ2v) is 5.70. The minimum Gasteiger partial charge on any atom is -0.394 e. The number of nitriles is 1. The molecule has 124 valence electrons. The first kappa shape index (κ1) is 16.2. The Kier molecular flexibility index (Phi) is 4.60. The number of aliphatic hydroxyl groups is 1. The fraction of sp³-hybridized carbons (Fsp3) is 0.353. The fourth-order valence-corrected chi connectivity index (χ4v) is 2.91. The molecule has 0 unspecified atom stereocenters. The lowest BCUT2D eigenvalue weighted by Crippen LogP contribution is -2.38. The van der Waals surface area contributed by atoms with Gasteiger partial charge in [-0.25, -0.2) is 4.68 Å². The Morgan fingerprint density at radius 3 is 3.04 bits per heavy atom. The highest BCUT2D eigenvalue weighted by atomic mass is 16.5. The van der Waals surface area contributed by atoms with Crippen LogP contribution in [0.3, 0.4) is 0 Å². The molecule has 0 bridgehead atoms. The number of amides is 1. The van der Waals surface area contributed by atoms with Gasteiger partial charge in [0.1, 0.15) is 0 Å². The van der Waals surface area contributed by atoms with Crippen molar-refractivity contribution in [3.63, 3.8) is 0 Å². The fourth-order valence-electron chi connectivity index (χ4n) is 2.91. The van der Waals surface area contributed by atoms with Gasteiger partial charge in [-0.3, -0.25) is 4.79 Å². The van der Waals surface area contributed by atoms with Crippen molar-refractivity contribution in [2.45, 2.75) is 18.6 Å². The maximum absolute atomic E-state index is 12.7. The summed E-state index contributed by atoms with van der Waals surface area (Å²) in [7, 11) is 1.60. The predicted octanol–water partition coefficient (Wildman–Crippen LogP) is 0.966. The molecular weight excluding hydrogens is 308 g/mol. The molecule has 24 heavy (non-hydrogen) atoms. The number of nitrogens with zero attached hydrogens (tertiary/aromatic N) is 4. The molecule has 2 atom stereocenters. The quantitative estimate of drug-likeness (QED) is 0.904. The molecule has 1 saturated heterocycles. The van der Waals surface area contributed by atoms with Crippen LogP contribution in [0.5, 0.6) is 0 Å². The van der Waals surface area contributed by atoms with Gasteiger partial charge < -0.3 is 14.7 Å². The number of aromatic nitrogens is 2. The first-order chi connectivity index (χ1) is 11.7. The average Bonchev–Trinajstić information content (AvgIpc) is 3.28. The lowest BCUT2D eigenvalue weighted by molar-refractivity contribution is 0.0641. The SMILES string of the molecule is CO[C@H]1C[C@@H](CO)N(C(=O)c2ccn(-c3cccc(C#N)c3)n2)C1. The van der Waals surface area contributed by atoms with E-state index < -0.39 is 0 Å². The van der Waals surface area contributed by atoms with Crippen LogP contribution in [0.2, 0.25) is 0 Å². The molecule has 0 spiro atoms. The lowest BCUT2D eigenvalue weighted by atomic mass is 10.2. The van der Waals surface area contributed by atoms with Crippen LogP contribution in [-0.4, -0.2) is 58.1 Å². The van der Waals surface area contributed by atoms with E-state index in [2.05, 4.69) is 11.2 Å². The summed E-state index contributed by atoms with van der Waals surface area (Å²) in [5.74, 6) is -0.233. The van der Waals surface area contributed by atoms with Crippen LogP contribution in [0.1, 0.15) is 22.5 Å². The van der Waals surface area contributed by atoms with Crippen molar-refractivity contribution in [1.29, 1.82) is 5.26 Å². The van der Waals surface area contributed by atoms with E-state index in [0.29, 0.717) is 29.9 Å². The number of aliphatic hydroxyl groups excluding tert-OH is 1. The summed E-state index contributed by atoms with van der Waals surface area (Å²) in [6.07, 6.45) is 2.23. The van der Waals surface area contributed by atoms with Gasteiger partial charge in [0.05, 0.1) is 36.1 Å². The van der Waals surface area contributed by atoms with Gasteiger partial charge in [-0.1, -0.05) is 6.07 Å². The highest BCUT2D eigenvalue weighted by Gasteiger charge is 2.36. The van der Waals surface area contributed by atoms with Gasteiger partial charge in [-0.2, -0.15) is 10.4 Å². The summed E-state index contributed by atoms with van der Waals surface area (Å²) >= 11 is 0. The predicted molar refractivity (Wildman–Crippen MR) is 85.6 cm³/mol. The molecule has 1 fully saturated rings. The third-order valence-electron chi connectivity index (χ3n) is 4.23. The molecule has 2 aromatic rings. The minimum atomic E-state index is -0.255. The van der Waals surface area contributed by atoms with Gasteiger partial charge >= 0.3 is 0 Å². The van der Waals surface area contributed by atoms with Crippen molar-refractivity contribution < 1.29 is 14.6 Å². The molecule has 7 nitrogen and oxygen atoms in total. The molecule has 0 saturated carbocycles. The van der Waals surface area contributed by atoms with E-state index in [1.54, 1.807) is 47.2 Å². The number of ether oxygens (including phenoxy) is 1. The normalized spacial score (nSPS) is 20.1. The number of methoxy groups -OCH3 is 1. The largest absolute Gasteiger partial charge is 0.394 e. The summed E-state index contributed by atoms with van der Waals surface area (Å²) in [5, 5.41) is 22.8. The van der Waals surface area contributed by atoms with Crippen LogP contribution in [0.15, 0.2) is 36.5 Å². The number of carbonyl (C=O) groups is 1. The van der Waals surface area contributed by atoms with Gasteiger partial charge in [0.2, 0.25) is 0 Å². The number of likely N-dealkylation sites (tertiary alicyclic amines) is 1. The maximum Gasteiger partial charge on any atom is 0.274 e. The maximum atomic E-state index is 12.7. The number of carbonyl (C=O) groups excluding carboxylic acids is 1. The third kappa shape index (κ3) is 3.02. The monoisotopic (exact) mass is 326 g/mol. The Balaban J connectivity index is 1.82. The van der Waals surface area contributed by atoms with Gasteiger partial charge in [-0.05, 0) is 30.7 Å². The zero-order valence-corrected chi connectivity index (χ0v) is 13.3. The number of hydrogen-bond donors (Lipinski definition) is 1. The van der Waals surface area contributed by atoms with Crippen LogP contribution >= 0.6 is 0 Å². The summed E-state index contributed by atoms with van der Waals surface area (Å²) in [6, 6.07) is 10.5. The Morgan fingerprint density at radius 1 is 1.50 bits per heavy atom. The average molecular weight is 326 g/mol. The van der Waals surface area contributed by atoms with E-state index in [0.717, 1.165) is 0 Å². The Labute approximate surface area is 139 Å². The van der Waals surface area contributed by atoms with E-state index in [1.807, 2.05) is 6.07 Å². The summed E-state index contributed by atoms with van der Waals surface area (Å²) in [4.78, 5) is 14.3. The second-order valence-electron chi connectivity index (χ2n) is 5.70. The Hall–Kier alpha value is -2.69. The van der Waals surface area contributed by atoms with Crippen LogP contribution in [0, 0.1) is 11.3 Å². The zero-order chi connectivity index (χ0) is 17.1. The Morgan fingerprint density at radius 2 is 2.33 bits per heavy atom. The van der Waals surface area contributed by atoms with Crippen molar-refractivity contribution in [3.05, 3.63) is 47.8 Å². The van der Waals surface area contributed by atoms with Gasteiger partial charge in [0, 0.05) is 19.9 Å². The molecule has 1 aliphatic rings. The molecule has 2 heterocycles. The molecule has 1 amide bonds. The van der Waals surface area contributed by atoms with Crippen LogP contribution in [-0.2, 0) is 4.74 Å². The smallest absolute Gasteiger partial charge is 0.274 e. The van der Waals surface area contributed by atoms with Crippen LogP contribution in [0.25, 0.3) is 5.69 Å². The van der Waals surface area contributed by atoms with Crippen LogP contribution in [0.4, 0.5) is 0 Å².